The summed E-state index contributed by atoms with van der Waals surface area (Å²) in [5.74, 6) is 6.71. The molecule has 1 heterocycles. The summed E-state index contributed by atoms with van der Waals surface area (Å²) in [7, 11) is 1.64. The van der Waals surface area contributed by atoms with Crippen molar-refractivity contribution < 1.29 is 4.74 Å². The van der Waals surface area contributed by atoms with E-state index in [1.54, 1.807) is 13.3 Å². The van der Waals surface area contributed by atoms with Crippen LogP contribution >= 0.6 is 0 Å². The molecule has 2 rings (SSSR count). The Labute approximate surface area is 100.0 Å². The third-order valence-corrected chi connectivity index (χ3v) is 2.66. The molecule has 0 saturated carbocycles. The van der Waals surface area contributed by atoms with Crippen molar-refractivity contribution in [2.75, 3.05) is 18.7 Å². The summed E-state index contributed by atoms with van der Waals surface area (Å²) < 4.78 is 6.70. The van der Waals surface area contributed by atoms with E-state index in [0.29, 0.717) is 5.69 Å². The fourth-order valence-electron chi connectivity index (χ4n) is 1.95. The molecule has 0 aliphatic carbocycles. The molecule has 17 heavy (non-hydrogen) atoms. The number of aromatic nitrogens is 2. The first-order valence-electron chi connectivity index (χ1n) is 5.28. The lowest BCUT2D eigenvalue weighted by atomic mass is 10.0. The Morgan fingerprint density at radius 1 is 1.29 bits per heavy atom. The minimum Gasteiger partial charge on any atom is -0.496 e. The van der Waals surface area contributed by atoms with Crippen LogP contribution in [0, 0.1) is 13.8 Å². The lowest BCUT2D eigenvalue weighted by Crippen LogP contribution is -2.09. The molecule has 0 unspecified atom stereocenters. The molecule has 5 heteroatoms. The predicted octanol–water partition coefficient (Wildman–Crippen LogP) is 1.47. The first kappa shape index (κ1) is 11.3. The maximum Gasteiger partial charge on any atom is 0.219 e. The Morgan fingerprint density at radius 3 is 2.53 bits per heavy atom. The van der Waals surface area contributed by atoms with Gasteiger partial charge in [0.1, 0.15) is 5.75 Å². The molecular weight excluding hydrogens is 216 g/mol. The van der Waals surface area contributed by atoms with Gasteiger partial charge in [-0.3, -0.25) is 0 Å². The molecular formula is C12H16N4O. The molecule has 90 valence electrons. The van der Waals surface area contributed by atoms with E-state index in [1.165, 1.54) is 4.68 Å². The molecule has 5 nitrogen and oxygen atoms in total. The molecule has 0 atom stereocenters. The molecule has 0 spiro atoms. The summed E-state index contributed by atoms with van der Waals surface area (Å²) in [6, 6.07) is 4.07. The normalized spacial score (nSPS) is 10.5. The molecule has 2 aromatic rings. The summed E-state index contributed by atoms with van der Waals surface area (Å²) in [5, 5.41) is 0. The zero-order chi connectivity index (χ0) is 12.6. The highest BCUT2D eigenvalue weighted by Gasteiger charge is 2.13. The molecule has 1 aromatic heterocycles. The van der Waals surface area contributed by atoms with Gasteiger partial charge in [-0.15, -0.1) is 0 Å². The predicted molar refractivity (Wildman–Crippen MR) is 68.3 cm³/mol. The van der Waals surface area contributed by atoms with Crippen LogP contribution in [0.1, 0.15) is 11.1 Å². The zero-order valence-corrected chi connectivity index (χ0v) is 10.2. The largest absolute Gasteiger partial charge is 0.496 e. The van der Waals surface area contributed by atoms with E-state index < -0.39 is 0 Å². The lowest BCUT2D eigenvalue weighted by molar-refractivity contribution is 0.413. The van der Waals surface area contributed by atoms with Crippen LogP contribution in [0.2, 0.25) is 0 Å². The summed E-state index contributed by atoms with van der Waals surface area (Å²) in [4.78, 5) is 4.21. The van der Waals surface area contributed by atoms with Crippen LogP contribution < -0.4 is 16.3 Å². The van der Waals surface area contributed by atoms with Crippen LogP contribution in [0.15, 0.2) is 18.3 Å². The second kappa shape index (κ2) is 4.01. The summed E-state index contributed by atoms with van der Waals surface area (Å²) in [6.07, 6.45) is 1.69. The van der Waals surface area contributed by atoms with Gasteiger partial charge < -0.3 is 16.3 Å². The minimum absolute atomic E-state index is 0.279. The average molecular weight is 232 g/mol. The van der Waals surface area contributed by atoms with Gasteiger partial charge in [-0.1, -0.05) is 6.07 Å². The topological polar surface area (TPSA) is 79.1 Å². The van der Waals surface area contributed by atoms with Gasteiger partial charge in [0.05, 0.1) is 19.0 Å². The number of hydrogen-bond donors (Lipinski definition) is 2. The molecule has 0 aliphatic rings. The number of nitrogens with two attached hydrogens (primary N) is 2. The first-order chi connectivity index (χ1) is 8.02. The molecule has 0 fully saturated rings. The van der Waals surface area contributed by atoms with Crippen molar-refractivity contribution in [3.8, 4) is 17.0 Å². The second-order valence-electron chi connectivity index (χ2n) is 4.05. The number of imidazole rings is 1. The quantitative estimate of drug-likeness (QED) is 0.768. The number of ether oxygens (including phenoxy) is 1. The fourth-order valence-corrected chi connectivity index (χ4v) is 1.95. The minimum atomic E-state index is 0.279. The SMILES string of the molecule is COc1c(C)cc(C)cc1-c1cn(N)c(N)n1. The van der Waals surface area contributed by atoms with Gasteiger partial charge in [-0.25, -0.2) is 9.66 Å². The van der Waals surface area contributed by atoms with Gasteiger partial charge in [0.15, 0.2) is 0 Å². The molecule has 4 N–H and O–H groups in total. The van der Waals surface area contributed by atoms with Crippen molar-refractivity contribution >= 4 is 5.95 Å². The number of rotatable bonds is 2. The highest BCUT2D eigenvalue weighted by atomic mass is 16.5. The van der Waals surface area contributed by atoms with Crippen LogP contribution in [0.5, 0.6) is 5.75 Å². The Balaban J connectivity index is 2.65. The van der Waals surface area contributed by atoms with E-state index in [9.17, 15) is 0 Å². The van der Waals surface area contributed by atoms with Crippen molar-refractivity contribution in [3.05, 3.63) is 29.5 Å². The van der Waals surface area contributed by atoms with E-state index in [-0.39, 0.29) is 5.95 Å². The average Bonchev–Trinajstić information content (AvgIpc) is 2.58. The second-order valence-corrected chi connectivity index (χ2v) is 4.05. The van der Waals surface area contributed by atoms with Crippen molar-refractivity contribution in [2.45, 2.75) is 13.8 Å². The fraction of sp³-hybridized carbons (Fsp3) is 0.250. The van der Waals surface area contributed by atoms with E-state index in [2.05, 4.69) is 11.1 Å². The highest BCUT2D eigenvalue weighted by Crippen LogP contribution is 2.33. The Morgan fingerprint density at radius 2 is 2.00 bits per heavy atom. The Hall–Kier alpha value is -2.17. The first-order valence-corrected chi connectivity index (χ1v) is 5.28. The number of hydrogen-bond acceptors (Lipinski definition) is 4. The highest BCUT2D eigenvalue weighted by molar-refractivity contribution is 5.70. The monoisotopic (exact) mass is 232 g/mol. The van der Waals surface area contributed by atoms with Gasteiger partial charge in [-0.05, 0) is 31.0 Å². The molecule has 0 saturated heterocycles. The standard InChI is InChI=1S/C12H16N4O/c1-7-4-8(2)11(17-3)9(5-7)10-6-16(14)12(13)15-10/h4-6H,14H2,1-3H3,(H2,13,15). The maximum atomic E-state index is 5.63. The lowest BCUT2D eigenvalue weighted by Gasteiger charge is -2.10. The summed E-state index contributed by atoms with van der Waals surface area (Å²) in [5.41, 5.74) is 9.46. The van der Waals surface area contributed by atoms with Gasteiger partial charge >= 0.3 is 0 Å². The zero-order valence-electron chi connectivity index (χ0n) is 10.2. The van der Waals surface area contributed by atoms with Crippen molar-refractivity contribution in [1.82, 2.24) is 9.66 Å². The van der Waals surface area contributed by atoms with Crippen molar-refractivity contribution in [3.63, 3.8) is 0 Å². The van der Waals surface area contributed by atoms with Gasteiger partial charge in [-0.2, -0.15) is 0 Å². The van der Waals surface area contributed by atoms with Crippen LogP contribution in [0.25, 0.3) is 11.3 Å². The molecule has 0 aliphatic heterocycles. The number of aryl methyl sites for hydroxylation is 2. The number of nitrogens with zero attached hydrogens (tertiary/aromatic N) is 2. The van der Waals surface area contributed by atoms with Crippen LogP contribution in [-0.4, -0.2) is 16.8 Å². The summed E-state index contributed by atoms with van der Waals surface area (Å²) in [6.45, 7) is 4.02. The third-order valence-electron chi connectivity index (χ3n) is 2.66. The third kappa shape index (κ3) is 1.91. The van der Waals surface area contributed by atoms with Crippen LogP contribution in [0.3, 0.4) is 0 Å². The van der Waals surface area contributed by atoms with Gasteiger partial charge in [0.25, 0.3) is 0 Å². The van der Waals surface area contributed by atoms with Gasteiger partial charge in [0.2, 0.25) is 5.95 Å². The molecule has 0 amide bonds. The molecule has 0 bridgehead atoms. The van der Waals surface area contributed by atoms with Crippen LogP contribution in [0.4, 0.5) is 5.95 Å². The smallest absolute Gasteiger partial charge is 0.219 e. The Kier molecular flexibility index (Phi) is 2.67. The maximum absolute atomic E-state index is 5.63. The summed E-state index contributed by atoms with van der Waals surface area (Å²) >= 11 is 0. The number of anilines is 1. The van der Waals surface area contributed by atoms with Crippen molar-refractivity contribution in [1.29, 1.82) is 0 Å². The molecule has 0 radical (unpaired) electrons. The van der Waals surface area contributed by atoms with Crippen molar-refractivity contribution in [2.24, 2.45) is 0 Å². The van der Waals surface area contributed by atoms with Gasteiger partial charge in [0, 0.05) is 5.56 Å². The number of benzene rings is 1. The van der Waals surface area contributed by atoms with E-state index in [0.717, 1.165) is 22.4 Å². The number of nitrogen functional groups attached to an aromatic ring is 2. The van der Waals surface area contributed by atoms with E-state index in [4.69, 9.17) is 16.3 Å². The van der Waals surface area contributed by atoms with E-state index in [1.807, 2.05) is 19.9 Å². The molecule has 1 aromatic carbocycles. The van der Waals surface area contributed by atoms with E-state index >= 15 is 0 Å². The Bertz CT molecular complexity index is 540. The number of methoxy groups -OCH3 is 1. The van der Waals surface area contributed by atoms with Crippen LogP contribution in [-0.2, 0) is 0 Å².